The second-order valence-corrected chi connectivity index (χ2v) is 11.2. The molecular weight excluding hydrogens is 557 g/mol. The number of benzene rings is 2. The average Bonchev–Trinajstić information content (AvgIpc) is 3.34. The number of halogens is 3. The smallest absolute Gasteiger partial charge is 0.370 e. The molecule has 4 aromatic rings. The van der Waals surface area contributed by atoms with E-state index in [1.165, 1.54) is 10.6 Å². The van der Waals surface area contributed by atoms with Crippen LogP contribution in [0.4, 0.5) is 13.2 Å². The first-order valence-corrected chi connectivity index (χ1v) is 14.3. The fourth-order valence-corrected chi connectivity index (χ4v) is 5.01. The van der Waals surface area contributed by atoms with Gasteiger partial charge in [-0.3, -0.25) is 9.98 Å². The molecule has 2 heterocycles. The second-order valence-electron chi connectivity index (χ2n) is 11.2. The number of hydrogen-bond acceptors (Lipinski definition) is 5. The van der Waals surface area contributed by atoms with Gasteiger partial charge in [0.25, 0.3) is 0 Å². The van der Waals surface area contributed by atoms with Gasteiger partial charge in [-0.2, -0.15) is 18.2 Å². The van der Waals surface area contributed by atoms with Crippen molar-refractivity contribution in [2.75, 3.05) is 6.54 Å². The lowest BCUT2D eigenvalue weighted by Crippen LogP contribution is -2.39. The molecule has 0 radical (unpaired) electrons. The quantitative estimate of drug-likeness (QED) is 0.100. The van der Waals surface area contributed by atoms with Crippen LogP contribution in [-0.4, -0.2) is 39.1 Å². The lowest BCUT2D eigenvalue weighted by atomic mass is 9.99. The summed E-state index contributed by atoms with van der Waals surface area (Å²) in [6.45, 7) is 6.59. The van der Waals surface area contributed by atoms with E-state index in [1.54, 1.807) is 18.3 Å². The van der Waals surface area contributed by atoms with Crippen LogP contribution < -0.4 is 27.8 Å². The fraction of sp³-hybridized carbons (Fsp3) is 0.387. The predicted octanol–water partition coefficient (Wildman–Crippen LogP) is 4.98. The SMILES string of the molecule is C[C@H](N)CCCc1cc(-c2cc3cn(-c4ccc([C@H](C)NCC[C@@H](C)NC(=N)N)cc4)c(=O)nc3[nH]2)cc(C(F)(F)F)c1. The number of H-pyrrole nitrogens is 1. The summed E-state index contributed by atoms with van der Waals surface area (Å²) in [6, 6.07) is 13.4. The Balaban J connectivity index is 1.55. The average molecular weight is 597 g/mol. The molecule has 2 aromatic heterocycles. The van der Waals surface area contributed by atoms with Gasteiger partial charge in [0, 0.05) is 35.4 Å². The summed E-state index contributed by atoms with van der Waals surface area (Å²) in [7, 11) is 0. The van der Waals surface area contributed by atoms with Gasteiger partial charge in [0.05, 0.1) is 11.3 Å². The zero-order chi connectivity index (χ0) is 31.3. The zero-order valence-corrected chi connectivity index (χ0v) is 24.6. The van der Waals surface area contributed by atoms with E-state index in [4.69, 9.17) is 16.9 Å². The molecule has 0 aliphatic carbocycles. The van der Waals surface area contributed by atoms with Gasteiger partial charge in [-0.15, -0.1) is 0 Å². The number of nitrogens with two attached hydrogens (primary N) is 2. The largest absolute Gasteiger partial charge is 0.416 e. The first kappa shape index (κ1) is 31.8. The molecular formula is C31H39F3N8O. The van der Waals surface area contributed by atoms with E-state index in [9.17, 15) is 18.0 Å². The molecule has 3 atom stereocenters. The molecule has 0 fully saturated rings. The van der Waals surface area contributed by atoms with E-state index < -0.39 is 17.4 Å². The molecule has 8 N–H and O–H groups in total. The standard InChI is InChI=1S/C31H39F3N8O/c1-18(35)5-4-6-21-13-23(15-25(14-21)31(32,33)34)27-16-24-17-42(30(43)41-28(24)40-27)26-9-7-22(8-10-26)20(3)38-12-11-19(2)39-29(36)37/h7-10,13-20,38H,4-6,11-12,35H2,1-3H3,(H4,36,37,39)(H,40,41,43)/t18-,19+,20-/m0/s1. The van der Waals surface area contributed by atoms with E-state index >= 15 is 0 Å². The Hall–Kier alpha value is -4.16. The van der Waals surface area contributed by atoms with E-state index in [1.807, 2.05) is 45.0 Å². The number of nitrogens with zero attached hydrogens (tertiary/aromatic N) is 2. The number of alkyl halides is 3. The molecule has 230 valence electrons. The number of aryl methyl sites for hydroxylation is 1. The maximum atomic E-state index is 13.7. The number of rotatable bonds is 12. The third-order valence-corrected chi connectivity index (χ3v) is 7.37. The number of guanidine groups is 1. The third kappa shape index (κ3) is 8.45. The van der Waals surface area contributed by atoms with Crippen LogP contribution in [0.3, 0.4) is 0 Å². The maximum Gasteiger partial charge on any atom is 0.416 e. The maximum absolute atomic E-state index is 13.7. The summed E-state index contributed by atoms with van der Waals surface area (Å²) in [4.78, 5) is 20.1. The molecule has 12 heteroatoms. The molecule has 0 aliphatic rings. The monoisotopic (exact) mass is 596 g/mol. The van der Waals surface area contributed by atoms with Crippen molar-refractivity contribution in [1.29, 1.82) is 5.41 Å². The van der Waals surface area contributed by atoms with Crippen molar-refractivity contribution < 1.29 is 13.2 Å². The summed E-state index contributed by atoms with van der Waals surface area (Å²) in [5.41, 5.74) is 13.3. The molecule has 43 heavy (non-hydrogen) atoms. The van der Waals surface area contributed by atoms with Crippen molar-refractivity contribution in [2.24, 2.45) is 11.5 Å². The van der Waals surface area contributed by atoms with Gasteiger partial charge < -0.3 is 27.1 Å². The fourth-order valence-electron chi connectivity index (χ4n) is 5.01. The van der Waals surface area contributed by atoms with Crippen molar-refractivity contribution in [1.82, 2.24) is 25.2 Å². The molecule has 0 unspecified atom stereocenters. The lowest BCUT2D eigenvalue weighted by molar-refractivity contribution is -0.137. The first-order chi connectivity index (χ1) is 20.3. The molecule has 0 saturated carbocycles. The van der Waals surface area contributed by atoms with Crippen LogP contribution in [0.25, 0.3) is 28.0 Å². The van der Waals surface area contributed by atoms with Gasteiger partial charge in [0.2, 0.25) is 0 Å². The van der Waals surface area contributed by atoms with E-state index in [2.05, 4.69) is 20.6 Å². The van der Waals surface area contributed by atoms with Crippen molar-refractivity contribution in [3.63, 3.8) is 0 Å². The van der Waals surface area contributed by atoms with E-state index in [0.717, 1.165) is 24.6 Å². The van der Waals surface area contributed by atoms with E-state index in [-0.39, 0.29) is 24.1 Å². The molecule has 2 aromatic carbocycles. The number of aromatic nitrogens is 3. The van der Waals surface area contributed by atoms with Crippen molar-refractivity contribution in [3.05, 3.63) is 81.9 Å². The number of hydrogen-bond donors (Lipinski definition) is 6. The summed E-state index contributed by atoms with van der Waals surface area (Å²) < 4.78 is 42.6. The second kappa shape index (κ2) is 13.4. The van der Waals surface area contributed by atoms with Crippen molar-refractivity contribution >= 4 is 17.0 Å². The minimum absolute atomic E-state index is 0.0228. The molecule has 0 bridgehead atoms. The highest BCUT2D eigenvalue weighted by Gasteiger charge is 2.31. The van der Waals surface area contributed by atoms with Crippen LogP contribution in [0.1, 0.15) is 62.8 Å². The van der Waals surface area contributed by atoms with E-state index in [0.29, 0.717) is 52.8 Å². The van der Waals surface area contributed by atoms with Gasteiger partial charge in [-0.1, -0.05) is 12.1 Å². The predicted molar refractivity (Wildman–Crippen MR) is 164 cm³/mol. The highest BCUT2D eigenvalue weighted by atomic mass is 19.4. The molecule has 0 amide bonds. The Morgan fingerprint density at radius 2 is 1.81 bits per heavy atom. The van der Waals surface area contributed by atoms with Gasteiger partial charge in [0.1, 0.15) is 5.65 Å². The van der Waals surface area contributed by atoms with Crippen LogP contribution >= 0.6 is 0 Å². The number of aromatic amines is 1. The Morgan fingerprint density at radius 3 is 2.47 bits per heavy atom. The summed E-state index contributed by atoms with van der Waals surface area (Å²) in [6.07, 6.45) is -0.200. The number of fused-ring (bicyclic) bond motifs is 1. The summed E-state index contributed by atoms with van der Waals surface area (Å²) in [5.74, 6) is -0.0523. The van der Waals surface area contributed by atoms with Gasteiger partial charge in [0.15, 0.2) is 5.96 Å². The summed E-state index contributed by atoms with van der Waals surface area (Å²) >= 11 is 0. The van der Waals surface area contributed by atoms with Crippen LogP contribution in [0.2, 0.25) is 0 Å². The Bertz CT molecular complexity index is 1610. The normalized spacial score (nSPS) is 14.0. The molecule has 0 spiro atoms. The minimum atomic E-state index is -4.49. The van der Waals surface area contributed by atoms with Crippen molar-refractivity contribution in [3.8, 4) is 16.9 Å². The molecule has 0 saturated heterocycles. The van der Waals surface area contributed by atoms with Crippen LogP contribution in [0.15, 0.2) is 59.5 Å². The van der Waals surface area contributed by atoms with Crippen LogP contribution in [0, 0.1) is 5.41 Å². The molecule has 0 aliphatic heterocycles. The zero-order valence-electron chi connectivity index (χ0n) is 24.6. The minimum Gasteiger partial charge on any atom is -0.370 e. The topological polar surface area (TPSA) is 151 Å². The first-order valence-electron chi connectivity index (χ1n) is 14.3. The van der Waals surface area contributed by atoms with Crippen molar-refractivity contribution in [2.45, 2.75) is 70.8 Å². The molecule has 4 rings (SSSR count). The Labute approximate surface area is 248 Å². The van der Waals surface area contributed by atoms with Crippen LogP contribution in [0.5, 0.6) is 0 Å². The number of nitrogens with one attached hydrogen (secondary N) is 4. The van der Waals surface area contributed by atoms with Gasteiger partial charge in [-0.25, -0.2) is 4.79 Å². The highest BCUT2D eigenvalue weighted by molar-refractivity contribution is 5.82. The highest BCUT2D eigenvalue weighted by Crippen LogP contribution is 2.34. The Morgan fingerprint density at radius 1 is 1.09 bits per heavy atom. The Kier molecular flexibility index (Phi) is 9.92. The molecule has 9 nitrogen and oxygen atoms in total. The lowest BCUT2D eigenvalue weighted by Gasteiger charge is -2.18. The van der Waals surface area contributed by atoms with Crippen LogP contribution in [-0.2, 0) is 12.6 Å². The van der Waals surface area contributed by atoms with Gasteiger partial charge in [-0.05, 0) is 106 Å². The third-order valence-electron chi connectivity index (χ3n) is 7.37. The summed E-state index contributed by atoms with van der Waals surface area (Å²) in [5, 5.41) is 14.2. The van der Waals surface area contributed by atoms with Gasteiger partial charge >= 0.3 is 11.9 Å².